The average molecular weight is 228 g/mol. The van der Waals surface area contributed by atoms with Crippen LogP contribution in [-0.4, -0.2) is 5.97 Å². The van der Waals surface area contributed by atoms with Crippen LogP contribution in [0.2, 0.25) is 0 Å². The highest BCUT2D eigenvalue weighted by atomic mass is 16.5. The molecule has 88 valence electrons. The summed E-state index contributed by atoms with van der Waals surface area (Å²) in [5.41, 5.74) is 1.73. The first-order valence-corrected chi connectivity index (χ1v) is 5.58. The van der Waals surface area contributed by atoms with Gasteiger partial charge in [-0.05, 0) is 12.5 Å². The first-order valence-electron chi connectivity index (χ1n) is 5.58. The van der Waals surface area contributed by atoms with Crippen LogP contribution in [0.15, 0.2) is 36.1 Å². The number of allylic oxidation sites excluding steroid dienone is 2. The molecule has 0 aliphatic carbocycles. The third kappa shape index (κ3) is 4.16. The summed E-state index contributed by atoms with van der Waals surface area (Å²) >= 11 is 0. The SMILES string of the molecule is CCC#C/C(=C(\C)OC(C)=O)c1ccccc1. The molecule has 0 amide bonds. The predicted molar refractivity (Wildman–Crippen MR) is 68.9 cm³/mol. The van der Waals surface area contributed by atoms with Gasteiger partial charge in [0.25, 0.3) is 0 Å². The Labute approximate surface area is 102 Å². The molecular weight excluding hydrogens is 212 g/mol. The minimum absolute atomic E-state index is 0.325. The van der Waals surface area contributed by atoms with Gasteiger partial charge in [-0.3, -0.25) is 4.79 Å². The molecule has 0 saturated heterocycles. The Bertz CT molecular complexity index is 473. The fourth-order valence-corrected chi connectivity index (χ4v) is 1.41. The van der Waals surface area contributed by atoms with Gasteiger partial charge < -0.3 is 4.74 Å². The normalized spacial score (nSPS) is 11.0. The van der Waals surface area contributed by atoms with E-state index in [1.165, 1.54) is 6.92 Å². The van der Waals surface area contributed by atoms with Crippen molar-refractivity contribution in [3.8, 4) is 11.8 Å². The minimum atomic E-state index is -0.325. The van der Waals surface area contributed by atoms with Crippen molar-refractivity contribution in [3.05, 3.63) is 41.7 Å². The van der Waals surface area contributed by atoms with Gasteiger partial charge in [-0.25, -0.2) is 0 Å². The molecule has 0 aliphatic rings. The number of rotatable bonds is 2. The monoisotopic (exact) mass is 228 g/mol. The molecule has 17 heavy (non-hydrogen) atoms. The summed E-state index contributed by atoms with van der Waals surface area (Å²) in [5, 5.41) is 0. The quantitative estimate of drug-likeness (QED) is 0.440. The van der Waals surface area contributed by atoms with Gasteiger partial charge in [-0.1, -0.05) is 49.1 Å². The molecule has 1 aromatic carbocycles. The first-order chi connectivity index (χ1) is 8.15. The van der Waals surface area contributed by atoms with Crippen LogP contribution >= 0.6 is 0 Å². The van der Waals surface area contributed by atoms with Crippen molar-refractivity contribution in [1.82, 2.24) is 0 Å². The maximum Gasteiger partial charge on any atom is 0.307 e. The molecule has 2 heteroatoms. The van der Waals surface area contributed by atoms with E-state index < -0.39 is 0 Å². The molecule has 0 N–H and O–H groups in total. The van der Waals surface area contributed by atoms with Crippen molar-refractivity contribution in [2.45, 2.75) is 27.2 Å². The van der Waals surface area contributed by atoms with Gasteiger partial charge in [-0.15, -0.1) is 0 Å². The van der Waals surface area contributed by atoms with E-state index in [1.54, 1.807) is 6.92 Å². The molecule has 0 radical (unpaired) electrons. The Balaban J connectivity index is 3.17. The van der Waals surface area contributed by atoms with E-state index in [0.717, 1.165) is 17.6 Å². The summed E-state index contributed by atoms with van der Waals surface area (Å²) < 4.78 is 5.10. The first kappa shape index (κ1) is 13.1. The Morgan fingerprint density at radius 1 is 1.24 bits per heavy atom. The van der Waals surface area contributed by atoms with Crippen molar-refractivity contribution in [2.24, 2.45) is 0 Å². The lowest BCUT2D eigenvalue weighted by Gasteiger charge is -2.06. The van der Waals surface area contributed by atoms with E-state index in [1.807, 2.05) is 37.3 Å². The Hall–Kier alpha value is -2.01. The summed E-state index contributed by atoms with van der Waals surface area (Å²) in [6, 6.07) is 9.71. The standard InChI is InChI=1S/C15H16O2/c1-4-5-11-15(12(2)17-13(3)16)14-9-7-6-8-10-14/h6-10H,4H2,1-3H3/b15-12-. The zero-order chi connectivity index (χ0) is 12.7. The average Bonchev–Trinajstić information content (AvgIpc) is 2.30. The summed E-state index contributed by atoms with van der Waals surface area (Å²) in [6.07, 6.45) is 0.768. The van der Waals surface area contributed by atoms with Crippen LogP contribution in [0, 0.1) is 11.8 Å². The molecule has 0 heterocycles. The number of benzene rings is 1. The van der Waals surface area contributed by atoms with Crippen molar-refractivity contribution < 1.29 is 9.53 Å². The molecule has 0 aromatic heterocycles. The summed E-state index contributed by atoms with van der Waals surface area (Å²) in [7, 11) is 0. The highest BCUT2D eigenvalue weighted by Crippen LogP contribution is 2.18. The maximum atomic E-state index is 11.0. The second-order valence-corrected chi connectivity index (χ2v) is 3.55. The van der Waals surface area contributed by atoms with Crippen molar-refractivity contribution >= 4 is 11.5 Å². The highest BCUT2D eigenvalue weighted by Gasteiger charge is 2.06. The van der Waals surface area contributed by atoms with Crippen LogP contribution < -0.4 is 0 Å². The summed E-state index contributed by atoms with van der Waals surface area (Å²) in [4.78, 5) is 11.0. The van der Waals surface area contributed by atoms with Gasteiger partial charge in [0.2, 0.25) is 0 Å². The lowest BCUT2D eigenvalue weighted by Crippen LogP contribution is -1.98. The van der Waals surface area contributed by atoms with E-state index in [9.17, 15) is 4.79 Å². The minimum Gasteiger partial charge on any atom is -0.430 e. The maximum absolute atomic E-state index is 11.0. The zero-order valence-corrected chi connectivity index (χ0v) is 10.4. The molecule has 0 atom stereocenters. The Morgan fingerprint density at radius 3 is 2.41 bits per heavy atom. The third-order valence-electron chi connectivity index (χ3n) is 2.10. The molecular formula is C15H16O2. The second-order valence-electron chi connectivity index (χ2n) is 3.55. The van der Waals surface area contributed by atoms with Crippen LogP contribution in [0.4, 0.5) is 0 Å². The van der Waals surface area contributed by atoms with Crippen LogP contribution in [0.5, 0.6) is 0 Å². The largest absolute Gasteiger partial charge is 0.430 e. The zero-order valence-electron chi connectivity index (χ0n) is 10.4. The fraction of sp³-hybridized carbons (Fsp3) is 0.267. The number of hydrogen-bond donors (Lipinski definition) is 0. The Kier molecular flexibility index (Phi) is 5.03. The van der Waals surface area contributed by atoms with Gasteiger partial charge in [0.15, 0.2) is 0 Å². The van der Waals surface area contributed by atoms with Crippen molar-refractivity contribution in [1.29, 1.82) is 0 Å². The molecule has 0 saturated carbocycles. The van der Waals surface area contributed by atoms with Gasteiger partial charge in [-0.2, -0.15) is 0 Å². The molecule has 0 unspecified atom stereocenters. The summed E-state index contributed by atoms with van der Waals surface area (Å²) in [6.45, 7) is 5.13. The van der Waals surface area contributed by atoms with Crippen LogP contribution in [-0.2, 0) is 9.53 Å². The molecule has 1 aromatic rings. The highest BCUT2D eigenvalue weighted by molar-refractivity contribution is 5.82. The fourth-order valence-electron chi connectivity index (χ4n) is 1.41. The second kappa shape index (κ2) is 6.55. The molecule has 1 rings (SSSR count). The van der Waals surface area contributed by atoms with E-state index in [4.69, 9.17) is 4.74 Å². The molecule has 2 nitrogen and oxygen atoms in total. The van der Waals surface area contributed by atoms with Crippen LogP contribution in [0.3, 0.4) is 0 Å². The van der Waals surface area contributed by atoms with Crippen molar-refractivity contribution in [2.75, 3.05) is 0 Å². The Morgan fingerprint density at radius 2 is 1.88 bits per heavy atom. The number of hydrogen-bond acceptors (Lipinski definition) is 2. The van der Waals surface area contributed by atoms with E-state index >= 15 is 0 Å². The third-order valence-corrected chi connectivity index (χ3v) is 2.10. The molecule has 0 aliphatic heterocycles. The molecule has 0 bridgehead atoms. The number of carbonyl (C=O) groups is 1. The number of carbonyl (C=O) groups excluding carboxylic acids is 1. The molecule has 0 spiro atoms. The van der Waals surface area contributed by atoms with Crippen LogP contribution in [0.25, 0.3) is 5.57 Å². The van der Waals surface area contributed by atoms with Crippen molar-refractivity contribution in [3.63, 3.8) is 0 Å². The lowest BCUT2D eigenvalue weighted by molar-refractivity contribution is -0.136. The van der Waals surface area contributed by atoms with Gasteiger partial charge in [0.1, 0.15) is 5.76 Å². The van der Waals surface area contributed by atoms with E-state index in [-0.39, 0.29) is 5.97 Å². The smallest absolute Gasteiger partial charge is 0.307 e. The predicted octanol–water partition coefficient (Wildman–Crippen LogP) is 3.39. The van der Waals surface area contributed by atoms with Gasteiger partial charge in [0, 0.05) is 13.3 Å². The molecule has 0 fully saturated rings. The lowest BCUT2D eigenvalue weighted by atomic mass is 10.1. The van der Waals surface area contributed by atoms with Gasteiger partial charge >= 0.3 is 5.97 Å². The summed E-state index contributed by atoms with van der Waals surface area (Å²) in [5.74, 6) is 6.27. The number of esters is 1. The van der Waals surface area contributed by atoms with E-state index in [2.05, 4.69) is 11.8 Å². The number of ether oxygens (including phenoxy) is 1. The topological polar surface area (TPSA) is 26.3 Å². The van der Waals surface area contributed by atoms with E-state index in [0.29, 0.717) is 5.76 Å². The van der Waals surface area contributed by atoms with Crippen LogP contribution in [0.1, 0.15) is 32.8 Å². The van der Waals surface area contributed by atoms with Gasteiger partial charge in [0.05, 0.1) is 5.57 Å².